The highest BCUT2D eigenvalue weighted by Gasteiger charge is 2.36. The fourth-order valence-electron chi connectivity index (χ4n) is 1.32. The second kappa shape index (κ2) is 4.99. The maximum absolute atomic E-state index is 12.1. The molecular formula is C11H11F3N2. The second-order valence-electron chi connectivity index (χ2n) is 3.46. The number of hydrogen-bond acceptors (Lipinski definition) is 2. The summed E-state index contributed by atoms with van der Waals surface area (Å²) in [4.78, 5) is 0. The van der Waals surface area contributed by atoms with Crippen molar-refractivity contribution >= 4 is 0 Å². The largest absolute Gasteiger partial charge is 0.403 e. The van der Waals surface area contributed by atoms with E-state index in [0.717, 1.165) is 0 Å². The molecule has 0 aromatic heterocycles. The summed E-state index contributed by atoms with van der Waals surface area (Å²) in [5, 5.41) is 8.74. The van der Waals surface area contributed by atoms with E-state index >= 15 is 0 Å². The Hall–Kier alpha value is -1.54. The van der Waals surface area contributed by atoms with E-state index in [2.05, 4.69) is 0 Å². The standard InChI is InChI=1S/C11H11F3N2/c12-11(13,14)10(16)6-5-8-3-1-2-4-9(8)7-15/h1-4,10H,5-6,16H2. The Labute approximate surface area is 91.5 Å². The summed E-state index contributed by atoms with van der Waals surface area (Å²) in [7, 11) is 0. The lowest BCUT2D eigenvalue weighted by Gasteiger charge is -2.15. The van der Waals surface area contributed by atoms with Crippen LogP contribution >= 0.6 is 0 Å². The Bertz CT molecular complexity index is 393. The Morgan fingerprint density at radius 1 is 1.31 bits per heavy atom. The fraction of sp³-hybridized carbons (Fsp3) is 0.364. The van der Waals surface area contributed by atoms with Gasteiger partial charge in [0.05, 0.1) is 11.6 Å². The lowest BCUT2D eigenvalue weighted by molar-refractivity contribution is -0.148. The van der Waals surface area contributed by atoms with Gasteiger partial charge in [-0.1, -0.05) is 18.2 Å². The SMILES string of the molecule is N#Cc1ccccc1CCC(N)C(F)(F)F. The molecule has 5 heteroatoms. The van der Waals surface area contributed by atoms with Gasteiger partial charge in [-0.05, 0) is 24.5 Å². The van der Waals surface area contributed by atoms with Crippen molar-refractivity contribution in [2.45, 2.75) is 25.1 Å². The van der Waals surface area contributed by atoms with E-state index < -0.39 is 12.2 Å². The van der Waals surface area contributed by atoms with Gasteiger partial charge >= 0.3 is 6.18 Å². The van der Waals surface area contributed by atoms with Gasteiger partial charge in [0.2, 0.25) is 0 Å². The van der Waals surface area contributed by atoms with Crippen LogP contribution in [0.5, 0.6) is 0 Å². The van der Waals surface area contributed by atoms with Crippen LogP contribution in [0.15, 0.2) is 24.3 Å². The summed E-state index contributed by atoms with van der Waals surface area (Å²) in [5.41, 5.74) is 5.98. The average Bonchev–Trinajstić information content (AvgIpc) is 2.24. The molecule has 1 aromatic carbocycles. The summed E-state index contributed by atoms with van der Waals surface area (Å²) < 4.78 is 36.4. The third-order valence-electron chi connectivity index (χ3n) is 2.28. The molecule has 0 fully saturated rings. The number of nitriles is 1. The van der Waals surface area contributed by atoms with Crippen molar-refractivity contribution in [1.82, 2.24) is 0 Å². The molecule has 0 aliphatic rings. The monoisotopic (exact) mass is 228 g/mol. The summed E-state index contributed by atoms with van der Waals surface area (Å²) in [6.07, 6.45) is -4.42. The molecule has 16 heavy (non-hydrogen) atoms. The number of benzene rings is 1. The van der Waals surface area contributed by atoms with E-state index in [1.807, 2.05) is 6.07 Å². The highest BCUT2D eigenvalue weighted by molar-refractivity contribution is 5.37. The Morgan fingerprint density at radius 2 is 1.94 bits per heavy atom. The van der Waals surface area contributed by atoms with Crippen LogP contribution in [-0.4, -0.2) is 12.2 Å². The van der Waals surface area contributed by atoms with Gasteiger partial charge in [0, 0.05) is 0 Å². The number of alkyl halides is 3. The van der Waals surface area contributed by atoms with Crippen molar-refractivity contribution in [3.05, 3.63) is 35.4 Å². The maximum atomic E-state index is 12.1. The third-order valence-corrected chi connectivity index (χ3v) is 2.28. The molecule has 1 aromatic rings. The predicted octanol–water partition coefficient (Wildman–Crippen LogP) is 2.38. The Balaban J connectivity index is 2.66. The van der Waals surface area contributed by atoms with Crippen molar-refractivity contribution in [3.63, 3.8) is 0 Å². The highest BCUT2D eigenvalue weighted by Crippen LogP contribution is 2.22. The van der Waals surface area contributed by atoms with Gasteiger partial charge in [0.25, 0.3) is 0 Å². The molecule has 0 amide bonds. The fourth-order valence-corrected chi connectivity index (χ4v) is 1.32. The van der Waals surface area contributed by atoms with Crippen LogP contribution in [0, 0.1) is 11.3 Å². The first-order chi connectivity index (χ1) is 7.45. The first-order valence-electron chi connectivity index (χ1n) is 4.75. The number of nitrogens with zero attached hydrogens (tertiary/aromatic N) is 1. The van der Waals surface area contributed by atoms with Crippen LogP contribution in [0.1, 0.15) is 17.5 Å². The number of rotatable bonds is 3. The van der Waals surface area contributed by atoms with Crippen molar-refractivity contribution in [3.8, 4) is 6.07 Å². The van der Waals surface area contributed by atoms with Crippen LogP contribution in [0.2, 0.25) is 0 Å². The molecule has 0 heterocycles. The zero-order valence-corrected chi connectivity index (χ0v) is 8.46. The number of aryl methyl sites for hydroxylation is 1. The first kappa shape index (κ1) is 12.5. The van der Waals surface area contributed by atoms with Gasteiger partial charge in [0.1, 0.15) is 6.04 Å². The minimum absolute atomic E-state index is 0.157. The van der Waals surface area contributed by atoms with E-state index in [-0.39, 0.29) is 12.8 Å². The van der Waals surface area contributed by atoms with Crippen molar-refractivity contribution < 1.29 is 13.2 Å². The molecule has 0 saturated carbocycles. The second-order valence-corrected chi connectivity index (χ2v) is 3.46. The number of halogens is 3. The van der Waals surface area contributed by atoms with E-state index in [1.54, 1.807) is 24.3 Å². The van der Waals surface area contributed by atoms with Gasteiger partial charge in [-0.3, -0.25) is 0 Å². The predicted molar refractivity (Wildman–Crippen MR) is 53.5 cm³/mol. The van der Waals surface area contributed by atoms with E-state index in [1.165, 1.54) is 0 Å². The van der Waals surface area contributed by atoms with Gasteiger partial charge < -0.3 is 5.73 Å². The first-order valence-corrected chi connectivity index (χ1v) is 4.75. The number of nitrogens with two attached hydrogens (primary N) is 1. The van der Waals surface area contributed by atoms with Crippen molar-refractivity contribution in [1.29, 1.82) is 5.26 Å². The van der Waals surface area contributed by atoms with Gasteiger partial charge in [-0.25, -0.2) is 0 Å². The zero-order valence-electron chi connectivity index (χ0n) is 8.46. The number of hydrogen-bond donors (Lipinski definition) is 1. The van der Waals surface area contributed by atoms with Crippen LogP contribution in [0.3, 0.4) is 0 Å². The molecule has 0 aliphatic carbocycles. The summed E-state index contributed by atoms with van der Waals surface area (Å²) in [6.45, 7) is 0. The van der Waals surface area contributed by atoms with Gasteiger partial charge in [-0.15, -0.1) is 0 Å². The summed E-state index contributed by atoms with van der Waals surface area (Å²) in [6, 6.07) is 6.68. The molecule has 1 atom stereocenters. The smallest absolute Gasteiger partial charge is 0.320 e. The Kier molecular flexibility index (Phi) is 3.91. The van der Waals surface area contributed by atoms with Crippen molar-refractivity contribution in [2.24, 2.45) is 5.73 Å². The highest BCUT2D eigenvalue weighted by atomic mass is 19.4. The third kappa shape index (κ3) is 3.24. The molecule has 0 saturated heterocycles. The van der Waals surface area contributed by atoms with E-state index in [9.17, 15) is 13.2 Å². The van der Waals surface area contributed by atoms with Gasteiger partial charge in [0.15, 0.2) is 0 Å². The molecule has 0 radical (unpaired) electrons. The molecule has 0 aliphatic heterocycles. The lowest BCUT2D eigenvalue weighted by atomic mass is 10.0. The maximum Gasteiger partial charge on any atom is 0.403 e. The van der Waals surface area contributed by atoms with Gasteiger partial charge in [-0.2, -0.15) is 18.4 Å². The van der Waals surface area contributed by atoms with Crippen LogP contribution in [0.25, 0.3) is 0 Å². The Morgan fingerprint density at radius 3 is 2.50 bits per heavy atom. The topological polar surface area (TPSA) is 49.8 Å². The van der Waals surface area contributed by atoms with E-state index in [4.69, 9.17) is 11.0 Å². The minimum atomic E-state index is -4.37. The van der Waals surface area contributed by atoms with Crippen LogP contribution in [0.4, 0.5) is 13.2 Å². The molecule has 86 valence electrons. The molecule has 2 nitrogen and oxygen atoms in total. The molecule has 0 spiro atoms. The normalized spacial score (nSPS) is 13.2. The lowest BCUT2D eigenvalue weighted by Crippen LogP contribution is -2.37. The van der Waals surface area contributed by atoms with Crippen LogP contribution in [-0.2, 0) is 6.42 Å². The molecule has 1 rings (SSSR count). The molecule has 2 N–H and O–H groups in total. The molecular weight excluding hydrogens is 217 g/mol. The molecule has 0 bridgehead atoms. The van der Waals surface area contributed by atoms with Crippen LogP contribution < -0.4 is 5.73 Å². The quantitative estimate of drug-likeness (QED) is 0.863. The molecule has 1 unspecified atom stereocenters. The van der Waals surface area contributed by atoms with Crippen molar-refractivity contribution in [2.75, 3.05) is 0 Å². The average molecular weight is 228 g/mol. The summed E-state index contributed by atoms with van der Waals surface area (Å²) >= 11 is 0. The van der Waals surface area contributed by atoms with E-state index in [0.29, 0.717) is 11.1 Å². The minimum Gasteiger partial charge on any atom is -0.320 e. The summed E-state index contributed by atoms with van der Waals surface area (Å²) in [5.74, 6) is 0. The zero-order chi connectivity index (χ0) is 12.2.